The summed E-state index contributed by atoms with van der Waals surface area (Å²) in [5.74, 6) is 0.335. The number of H-pyrrole nitrogens is 1. The fourth-order valence-corrected chi connectivity index (χ4v) is 2.33. The van der Waals surface area contributed by atoms with Gasteiger partial charge in [-0.2, -0.15) is 0 Å². The number of fused-ring (bicyclic) bond motifs is 1. The van der Waals surface area contributed by atoms with Gasteiger partial charge in [0.05, 0.1) is 16.1 Å². The second kappa shape index (κ2) is 5.74. The topological polar surface area (TPSA) is 101 Å². The molecule has 0 aliphatic heterocycles. The van der Waals surface area contributed by atoms with Crippen LogP contribution in [0.25, 0.3) is 17.0 Å². The van der Waals surface area contributed by atoms with E-state index in [0.717, 1.165) is 0 Å². The number of aromatic amines is 1. The van der Waals surface area contributed by atoms with Gasteiger partial charge in [-0.25, -0.2) is 19.9 Å². The van der Waals surface area contributed by atoms with E-state index in [9.17, 15) is 4.79 Å². The third kappa shape index (κ3) is 2.59. The van der Waals surface area contributed by atoms with Crippen LogP contribution in [0, 0.1) is 0 Å². The van der Waals surface area contributed by atoms with Gasteiger partial charge in [-0.05, 0) is 18.2 Å². The second-order valence-corrected chi connectivity index (χ2v) is 5.33. The molecular weight excluding hydrogens is 330 g/mol. The molecule has 1 amide bonds. The number of anilines is 1. The van der Waals surface area contributed by atoms with Crippen molar-refractivity contribution in [2.45, 2.75) is 0 Å². The number of imidazole rings is 1. The van der Waals surface area contributed by atoms with Crippen molar-refractivity contribution in [1.29, 1.82) is 0 Å². The zero-order chi connectivity index (χ0) is 16.5. The van der Waals surface area contributed by atoms with Crippen molar-refractivity contribution in [3.63, 3.8) is 0 Å². The van der Waals surface area contributed by atoms with Gasteiger partial charge in [-0.15, -0.1) is 0 Å². The Balaban J connectivity index is 1.75. The lowest BCUT2D eigenvalue weighted by molar-refractivity contribution is 0.102. The molecule has 0 bridgehead atoms. The van der Waals surface area contributed by atoms with Gasteiger partial charge in [0.15, 0.2) is 5.69 Å². The van der Waals surface area contributed by atoms with Crippen LogP contribution in [0.2, 0.25) is 5.02 Å². The number of nitrogens with zero attached hydrogens (tertiary/aromatic N) is 5. The van der Waals surface area contributed by atoms with Gasteiger partial charge >= 0.3 is 0 Å². The Morgan fingerprint density at radius 1 is 1.25 bits per heavy atom. The molecule has 0 saturated carbocycles. The molecule has 4 aromatic heterocycles. The van der Waals surface area contributed by atoms with Crippen molar-refractivity contribution in [2.24, 2.45) is 0 Å². The summed E-state index contributed by atoms with van der Waals surface area (Å²) in [5, 5.41) is 3.19. The number of amides is 1. The Morgan fingerprint density at radius 2 is 2.17 bits per heavy atom. The summed E-state index contributed by atoms with van der Waals surface area (Å²) in [5.41, 5.74) is 1.39. The number of aromatic nitrogens is 6. The highest BCUT2D eigenvalue weighted by Gasteiger charge is 2.17. The molecule has 24 heavy (non-hydrogen) atoms. The number of carbonyl (C=O) groups excluding carboxylic acids is 1. The van der Waals surface area contributed by atoms with Crippen LogP contribution in [0.5, 0.6) is 0 Å². The fraction of sp³-hybridized carbons (Fsp3) is 0. The van der Waals surface area contributed by atoms with Crippen molar-refractivity contribution in [1.82, 2.24) is 29.5 Å². The lowest BCUT2D eigenvalue weighted by Crippen LogP contribution is -2.17. The molecule has 4 heterocycles. The summed E-state index contributed by atoms with van der Waals surface area (Å²) >= 11 is 5.80. The molecule has 0 aromatic carbocycles. The van der Waals surface area contributed by atoms with E-state index >= 15 is 0 Å². The first-order chi connectivity index (χ1) is 11.7. The van der Waals surface area contributed by atoms with Crippen molar-refractivity contribution in [3.8, 4) is 5.95 Å². The minimum absolute atomic E-state index is 0.213. The van der Waals surface area contributed by atoms with Gasteiger partial charge < -0.3 is 10.3 Å². The molecule has 0 aliphatic rings. The zero-order valence-electron chi connectivity index (χ0n) is 12.1. The first kappa shape index (κ1) is 14.3. The molecular formula is C15H10ClN7O. The number of hydrogen-bond acceptors (Lipinski definition) is 5. The van der Waals surface area contributed by atoms with Crippen LogP contribution in [0.3, 0.4) is 0 Å². The summed E-state index contributed by atoms with van der Waals surface area (Å²) in [6.45, 7) is 0. The van der Waals surface area contributed by atoms with Crippen LogP contribution in [0.4, 0.5) is 5.82 Å². The van der Waals surface area contributed by atoms with E-state index in [0.29, 0.717) is 27.8 Å². The maximum Gasteiger partial charge on any atom is 0.277 e. The average molecular weight is 340 g/mol. The highest BCUT2D eigenvalue weighted by atomic mass is 35.5. The predicted molar refractivity (Wildman–Crippen MR) is 88.2 cm³/mol. The van der Waals surface area contributed by atoms with E-state index < -0.39 is 5.91 Å². The fourth-order valence-electron chi connectivity index (χ4n) is 2.22. The van der Waals surface area contributed by atoms with E-state index in [1.165, 1.54) is 6.20 Å². The molecule has 0 spiro atoms. The Labute approximate surface area is 140 Å². The van der Waals surface area contributed by atoms with E-state index in [1.54, 1.807) is 47.7 Å². The van der Waals surface area contributed by atoms with Gasteiger partial charge in [0, 0.05) is 24.8 Å². The highest BCUT2D eigenvalue weighted by molar-refractivity contribution is 6.30. The Bertz CT molecular complexity index is 1010. The van der Waals surface area contributed by atoms with Crippen molar-refractivity contribution >= 4 is 34.4 Å². The predicted octanol–water partition coefficient (Wildman–Crippen LogP) is 2.44. The SMILES string of the molecule is O=C(Nc1ccc(Cl)cn1)c1nc(-n2ccnc2)nc2cc[nH]c12. The Morgan fingerprint density at radius 3 is 2.92 bits per heavy atom. The first-order valence-electron chi connectivity index (χ1n) is 6.97. The molecule has 4 aromatic rings. The number of pyridine rings is 1. The summed E-state index contributed by atoms with van der Waals surface area (Å²) < 4.78 is 1.63. The van der Waals surface area contributed by atoms with Crippen molar-refractivity contribution in [3.05, 3.63) is 60.0 Å². The minimum Gasteiger partial charge on any atom is -0.358 e. The van der Waals surface area contributed by atoms with Crippen LogP contribution in [-0.2, 0) is 0 Å². The lowest BCUT2D eigenvalue weighted by atomic mass is 10.3. The molecule has 8 nitrogen and oxygen atoms in total. The standard InChI is InChI=1S/C15H10ClN7O/c16-9-1-2-11(19-7-9)21-14(24)13-12-10(3-4-18-12)20-15(22-13)23-6-5-17-8-23/h1-8,18H,(H,19,21,24). The summed E-state index contributed by atoms with van der Waals surface area (Å²) in [6, 6.07) is 5.03. The highest BCUT2D eigenvalue weighted by Crippen LogP contribution is 2.17. The largest absolute Gasteiger partial charge is 0.358 e. The van der Waals surface area contributed by atoms with E-state index in [-0.39, 0.29) is 5.69 Å². The smallest absolute Gasteiger partial charge is 0.277 e. The molecule has 0 aliphatic carbocycles. The molecule has 0 saturated heterocycles. The number of carbonyl (C=O) groups is 1. The molecule has 9 heteroatoms. The number of hydrogen-bond donors (Lipinski definition) is 2. The Hall–Kier alpha value is -3.26. The van der Waals surface area contributed by atoms with Crippen LogP contribution in [-0.4, -0.2) is 35.4 Å². The second-order valence-electron chi connectivity index (χ2n) is 4.90. The van der Waals surface area contributed by atoms with Crippen LogP contribution in [0.15, 0.2) is 49.3 Å². The number of rotatable bonds is 3. The molecule has 4 rings (SSSR count). The minimum atomic E-state index is -0.402. The van der Waals surface area contributed by atoms with Crippen LogP contribution in [0.1, 0.15) is 10.5 Å². The van der Waals surface area contributed by atoms with E-state index in [2.05, 4.69) is 30.2 Å². The van der Waals surface area contributed by atoms with Crippen LogP contribution < -0.4 is 5.32 Å². The molecule has 0 atom stereocenters. The molecule has 0 radical (unpaired) electrons. The molecule has 118 valence electrons. The first-order valence-corrected chi connectivity index (χ1v) is 7.35. The third-order valence-corrected chi connectivity index (χ3v) is 3.54. The normalized spacial score (nSPS) is 10.9. The molecule has 2 N–H and O–H groups in total. The molecule has 0 unspecified atom stereocenters. The Kier molecular flexibility index (Phi) is 3.43. The quantitative estimate of drug-likeness (QED) is 0.597. The molecule has 0 fully saturated rings. The monoisotopic (exact) mass is 339 g/mol. The summed E-state index contributed by atoms with van der Waals surface area (Å²) in [4.78, 5) is 32.4. The maximum atomic E-state index is 12.6. The van der Waals surface area contributed by atoms with E-state index in [4.69, 9.17) is 11.6 Å². The van der Waals surface area contributed by atoms with Crippen molar-refractivity contribution in [2.75, 3.05) is 5.32 Å². The van der Waals surface area contributed by atoms with Crippen LogP contribution >= 0.6 is 11.6 Å². The average Bonchev–Trinajstić information content (AvgIpc) is 3.27. The van der Waals surface area contributed by atoms with Gasteiger partial charge in [-0.3, -0.25) is 9.36 Å². The zero-order valence-corrected chi connectivity index (χ0v) is 12.9. The van der Waals surface area contributed by atoms with Gasteiger partial charge in [-0.1, -0.05) is 11.6 Å². The van der Waals surface area contributed by atoms with Gasteiger partial charge in [0.25, 0.3) is 5.91 Å². The van der Waals surface area contributed by atoms with Gasteiger partial charge in [0.1, 0.15) is 12.1 Å². The number of nitrogens with one attached hydrogen (secondary N) is 2. The maximum absolute atomic E-state index is 12.6. The number of halogens is 1. The van der Waals surface area contributed by atoms with Gasteiger partial charge in [0.2, 0.25) is 5.95 Å². The summed E-state index contributed by atoms with van der Waals surface area (Å²) in [6.07, 6.45) is 8.04. The van der Waals surface area contributed by atoms with E-state index in [1.807, 2.05) is 0 Å². The third-order valence-electron chi connectivity index (χ3n) is 3.31. The summed E-state index contributed by atoms with van der Waals surface area (Å²) in [7, 11) is 0. The van der Waals surface area contributed by atoms with Crippen molar-refractivity contribution < 1.29 is 4.79 Å². The lowest BCUT2D eigenvalue weighted by Gasteiger charge is -2.07.